The molecule has 0 saturated heterocycles. The molecule has 4 aromatic rings. The van der Waals surface area contributed by atoms with Gasteiger partial charge in [0, 0.05) is 13.1 Å². The van der Waals surface area contributed by atoms with E-state index in [2.05, 4.69) is 45.9 Å². The summed E-state index contributed by atoms with van der Waals surface area (Å²) in [7, 11) is 0. The van der Waals surface area contributed by atoms with Gasteiger partial charge in [-0.05, 0) is 47.5 Å². The van der Waals surface area contributed by atoms with Crippen LogP contribution in [0.5, 0.6) is 0 Å². The zero-order valence-electron chi connectivity index (χ0n) is 16.1. The summed E-state index contributed by atoms with van der Waals surface area (Å²) in [5.41, 5.74) is 4.02. The maximum Gasteiger partial charge on any atom is 0.199 e. The third kappa shape index (κ3) is 3.69. The van der Waals surface area contributed by atoms with Crippen LogP contribution in [0, 0.1) is 4.77 Å². The van der Waals surface area contributed by atoms with Crippen LogP contribution in [0.15, 0.2) is 77.4 Å². The highest BCUT2D eigenvalue weighted by molar-refractivity contribution is 7.71. The zero-order valence-corrected chi connectivity index (χ0v) is 16.9. The molecular weight excluding hydrogens is 380 g/mol. The number of benzene rings is 2. The van der Waals surface area contributed by atoms with E-state index < -0.39 is 0 Å². The van der Waals surface area contributed by atoms with Gasteiger partial charge in [-0.15, -0.1) is 5.10 Å². The Labute approximate surface area is 174 Å². The van der Waals surface area contributed by atoms with Crippen molar-refractivity contribution < 1.29 is 4.42 Å². The number of fused-ring (bicyclic) bond motifs is 1. The molecule has 0 radical (unpaired) electrons. The second-order valence-electron chi connectivity index (χ2n) is 7.37. The van der Waals surface area contributed by atoms with Gasteiger partial charge >= 0.3 is 0 Å². The van der Waals surface area contributed by atoms with Crippen molar-refractivity contribution in [3.63, 3.8) is 0 Å². The molecule has 5 rings (SSSR count). The fraction of sp³-hybridized carbons (Fsp3) is 0.217. The smallest absolute Gasteiger partial charge is 0.199 e. The summed E-state index contributed by atoms with van der Waals surface area (Å²) in [6.07, 6.45) is 2.73. The highest BCUT2D eigenvalue weighted by Gasteiger charge is 2.20. The number of nitrogens with zero attached hydrogens (tertiary/aromatic N) is 4. The van der Waals surface area contributed by atoms with Crippen LogP contribution in [0.1, 0.15) is 16.7 Å². The van der Waals surface area contributed by atoms with Gasteiger partial charge in [0.15, 0.2) is 16.4 Å². The Morgan fingerprint density at radius 3 is 2.52 bits per heavy atom. The first kappa shape index (κ1) is 18.1. The lowest BCUT2D eigenvalue weighted by Gasteiger charge is -2.28. The predicted octanol–water partition coefficient (Wildman–Crippen LogP) is 4.74. The molecule has 0 saturated carbocycles. The number of hydrogen-bond acceptors (Lipinski definition) is 4. The molecule has 146 valence electrons. The standard InChI is InChI=1S/C23H22N4OS/c29-23-26(15-18-7-2-1-3-8-18)22(21-11-6-14-28-21)24-27(23)17-25-13-12-19-9-4-5-10-20(19)16-25/h1-11,14H,12-13,15-17H2. The van der Waals surface area contributed by atoms with E-state index >= 15 is 0 Å². The van der Waals surface area contributed by atoms with E-state index in [9.17, 15) is 0 Å². The molecule has 2 aromatic carbocycles. The first-order valence-corrected chi connectivity index (χ1v) is 10.2. The Bertz CT molecular complexity index is 1160. The van der Waals surface area contributed by atoms with Crippen LogP contribution in [0.3, 0.4) is 0 Å². The van der Waals surface area contributed by atoms with Crippen LogP contribution >= 0.6 is 12.2 Å². The molecule has 0 unspecified atom stereocenters. The molecule has 0 N–H and O–H groups in total. The third-order valence-corrected chi connectivity index (χ3v) is 5.82. The molecule has 3 heterocycles. The van der Waals surface area contributed by atoms with E-state index in [4.69, 9.17) is 21.7 Å². The van der Waals surface area contributed by atoms with Crippen LogP contribution in [-0.2, 0) is 26.2 Å². The maximum atomic E-state index is 5.83. The van der Waals surface area contributed by atoms with Crippen molar-refractivity contribution in [1.82, 2.24) is 19.2 Å². The normalized spacial score (nSPS) is 14.1. The summed E-state index contributed by atoms with van der Waals surface area (Å²) in [4.78, 5) is 2.39. The lowest BCUT2D eigenvalue weighted by molar-refractivity contribution is 0.188. The molecule has 0 atom stereocenters. The summed E-state index contributed by atoms with van der Waals surface area (Å²) in [5.74, 6) is 1.50. The zero-order chi connectivity index (χ0) is 19.6. The molecule has 29 heavy (non-hydrogen) atoms. The monoisotopic (exact) mass is 402 g/mol. The first-order chi connectivity index (χ1) is 14.3. The van der Waals surface area contributed by atoms with Gasteiger partial charge in [-0.3, -0.25) is 9.47 Å². The number of hydrogen-bond donors (Lipinski definition) is 0. The van der Waals surface area contributed by atoms with E-state index in [0.29, 0.717) is 18.0 Å². The molecule has 0 bridgehead atoms. The highest BCUT2D eigenvalue weighted by atomic mass is 32.1. The molecule has 5 nitrogen and oxygen atoms in total. The summed E-state index contributed by atoms with van der Waals surface area (Å²) in [6.45, 7) is 3.25. The van der Waals surface area contributed by atoms with Gasteiger partial charge in [0.1, 0.15) is 0 Å². The van der Waals surface area contributed by atoms with Crippen LogP contribution in [0.25, 0.3) is 11.6 Å². The van der Waals surface area contributed by atoms with Gasteiger partial charge in [0.2, 0.25) is 0 Å². The summed E-state index contributed by atoms with van der Waals surface area (Å²) >= 11 is 5.83. The highest BCUT2D eigenvalue weighted by Crippen LogP contribution is 2.22. The minimum absolute atomic E-state index is 0.665. The fourth-order valence-corrected chi connectivity index (χ4v) is 4.14. The van der Waals surface area contributed by atoms with Crippen LogP contribution < -0.4 is 0 Å². The Morgan fingerprint density at radius 1 is 0.931 bits per heavy atom. The molecule has 0 spiro atoms. The van der Waals surface area contributed by atoms with Gasteiger partial charge < -0.3 is 4.42 Å². The van der Waals surface area contributed by atoms with Crippen molar-refractivity contribution in [2.24, 2.45) is 0 Å². The fourth-order valence-electron chi connectivity index (χ4n) is 3.89. The Balaban J connectivity index is 1.46. The van der Waals surface area contributed by atoms with E-state index in [1.54, 1.807) is 6.26 Å². The van der Waals surface area contributed by atoms with E-state index in [-0.39, 0.29) is 0 Å². The minimum Gasteiger partial charge on any atom is -0.461 e. The second-order valence-corrected chi connectivity index (χ2v) is 7.73. The van der Waals surface area contributed by atoms with Crippen molar-refractivity contribution in [2.75, 3.05) is 6.54 Å². The Kier molecular flexibility index (Phi) is 4.87. The van der Waals surface area contributed by atoms with Crippen LogP contribution in [0.4, 0.5) is 0 Å². The largest absolute Gasteiger partial charge is 0.461 e. The molecule has 0 aliphatic carbocycles. The van der Waals surface area contributed by atoms with Crippen LogP contribution in [0.2, 0.25) is 0 Å². The molecule has 0 amide bonds. The van der Waals surface area contributed by atoms with Crippen molar-refractivity contribution >= 4 is 12.2 Å². The summed E-state index contributed by atoms with van der Waals surface area (Å²) in [6, 6.07) is 22.8. The molecule has 1 aliphatic heterocycles. The van der Waals surface area contributed by atoms with Gasteiger partial charge in [-0.2, -0.15) is 0 Å². The molecule has 0 fully saturated rings. The van der Waals surface area contributed by atoms with Crippen LogP contribution in [-0.4, -0.2) is 25.8 Å². The Morgan fingerprint density at radius 2 is 1.72 bits per heavy atom. The Hall–Kier alpha value is -2.96. The number of aromatic nitrogens is 3. The van der Waals surface area contributed by atoms with E-state index in [1.165, 1.54) is 16.7 Å². The molecule has 6 heteroatoms. The maximum absolute atomic E-state index is 5.83. The number of furan rings is 1. The van der Waals surface area contributed by atoms with Gasteiger partial charge in [0.05, 0.1) is 19.5 Å². The molecule has 2 aromatic heterocycles. The lowest BCUT2D eigenvalue weighted by atomic mass is 10.0. The van der Waals surface area contributed by atoms with E-state index in [1.807, 2.05) is 35.0 Å². The van der Waals surface area contributed by atoms with Crippen molar-refractivity contribution in [2.45, 2.75) is 26.2 Å². The topological polar surface area (TPSA) is 39.1 Å². The molecular formula is C23H22N4OS. The lowest BCUT2D eigenvalue weighted by Crippen LogP contribution is -2.32. The summed E-state index contributed by atoms with van der Waals surface area (Å²) < 4.78 is 10.3. The predicted molar refractivity (Wildman–Crippen MR) is 115 cm³/mol. The van der Waals surface area contributed by atoms with Crippen molar-refractivity contribution in [3.05, 3.63) is 94.5 Å². The number of rotatable bonds is 5. The second kappa shape index (κ2) is 7.81. The quantitative estimate of drug-likeness (QED) is 0.452. The molecule has 1 aliphatic rings. The SMILES string of the molecule is S=c1n(CN2CCc3ccccc3C2)nc(-c2ccco2)n1Cc1ccccc1. The van der Waals surface area contributed by atoms with Gasteiger partial charge in [-0.25, -0.2) is 4.68 Å². The van der Waals surface area contributed by atoms with Crippen molar-refractivity contribution in [1.29, 1.82) is 0 Å². The van der Waals surface area contributed by atoms with E-state index in [0.717, 1.165) is 31.1 Å². The average Bonchev–Trinajstić information content (AvgIpc) is 3.39. The van der Waals surface area contributed by atoms with Gasteiger partial charge in [0.25, 0.3) is 0 Å². The third-order valence-electron chi connectivity index (χ3n) is 5.39. The average molecular weight is 403 g/mol. The minimum atomic E-state index is 0.665. The van der Waals surface area contributed by atoms with Gasteiger partial charge in [-0.1, -0.05) is 54.6 Å². The van der Waals surface area contributed by atoms with Crippen molar-refractivity contribution in [3.8, 4) is 11.6 Å². The summed E-state index contributed by atoms with van der Waals surface area (Å²) in [5, 5.41) is 4.84. The first-order valence-electron chi connectivity index (χ1n) is 9.82.